The number of fused-ring (bicyclic) bond motifs is 1. The van der Waals surface area contributed by atoms with Crippen LogP contribution >= 0.6 is 0 Å². The second kappa shape index (κ2) is 4.69. The molecule has 0 heterocycles. The summed E-state index contributed by atoms with van der Waals surface area (Å²) in [7, 11) is 0. The lowest BCUT2D eigenvalue weighted by atomic mass is 9.96. The van der Waals surface area contributed by atoms with Crippen LogP contribution in [0.3, 0.4) is 0 Å². The molecular weight excluding hydrogens is 296 g/mol. The standard InChI is InChI=1S/C14H10O8/c1-3(15)5-9(17)7-8(13(21)11(5)19)14(22)12(20)6(4(2)16)10(7)18/h15-17,22H,1-2H3/b5-3-,6-4-. The van der Waals surface area contributed by atoms with Crippen molar-refractivity contribution in [3.63, 3.8) is 0 Å². The molecule has 0 aromatic rings. The Morgan fingerprint density at radius 3 is 1.55 bits per heavy atom. The summed E-state index contributed by atoms with van der Waals surface area (Å²) in [6.07, 6.45) is 0. The molecule has 0 spiro atoms. The second-order valence-electron chi connectivity index (χ2n) is 4.68. The monoisotopic (exact) mass is 306 g/mol. The molecule has 114 valence electrons. The fourth-order valence-electron chi connectivity index (χ4n) is 2.26. The number of aliphatic hydroxyl groups is 2. The molecule has 2 aliphatic carbocycles. The fourth-order valence-corrected chi connectivity index (χ4v) is 2.26. The van der Waals surface area contributed by atoms with Crippen LogP contribution in [0.5, 0.6) is 11.5 Å². The van der Waals surface area contributed by atoms with Crippen molar-refractivity contribution in [1.82, 2.24) is 0 Å². The Hall–Kier alpha value is -3.16. The van der Waals surface area contributed by atoms with Crippen molar-refractivity contribution < 1.29 is 20.4 Å². The van der Waals surface area contributed by atoms with E-state index in [0.717, 1.165) is 13.8 Å². The van der Waals surface area contributed by atoms with Gasteiger partial charge in [-0.15, -0.1) is 0 Å². The van der Waals surface area contributed by atoms with Gasteiger partial charge in [0.25, 0.3) is 0 Å². The smallest absolute Gasteiger partial charge is 0.240 e. The van der Waals surface area contributed by atoms with Crippen molar-refractivity contribution in [3.8, 4) is 22.6 Å². The van der Waals surface area contributed by atoms with E-state index in [1.807, 2.05) is 0 Å². The van der Waals surface area contributed by atoms with Gasteiger partial charge in [0.05, 0.1) is 11.1 Å². The number of phenols is 2. The van der Waals surface area contributed by atoms with Gasteiger partial charge in [0.1, 0.15) is 27.7 Å². The van der Waals surface area contributed by atoms with Crippen LogP contribution in [0, 0.1) is 0 Å². The van der Waals surface area contributed by atoms with Gasteiger partial charge in [0.15, 0.2) is 5.75 Å². The van der Waals surface area contributed by atoms with Crippen molar-refractivity contribution in [2.24, 2.45) is 0 Å². The summed E-state index contributed by atoms with van der Waals surface area (Å²) in [6.45, 7) is 2.02. The summed E-state index contributed by atoms with van der Waals surface area (Å²) < 4.78 is 0. The van der Waals surface area contributed by atoms with Crippen molar-refractivity contribution >= 4 is 11.5 Å². The minimum atomic E-state index is -1.41. The predicted octanol–water partition coefficient (Wildman–Crippen LogP) is -2.11. The number of phenolic OH excluding ortho intramolecular Hbond substituents is 2. The quantitative estimate of drug-likeness (QED) is 0.404. The lowest BCUT2D eigenvalue weighted by molar-refractivity contribution is 0.451. The van der Waals surface area contributed by atoms with E-state index in [4.69, 9.17) is 0 Å². The summed E-state index contributed by atoms with van der Waals surface area (Å²) in [5, 5.41) is 36.9. The Morgan fingerprint density at radius 2 is 1.09 bits per heavy atom. The molecule has 8 heteroatoms. The van der Waals surface area contributed by atoms with Gasteiger partial charge in [0, 0.05) is 0 Å². The Labute approximate surface area is 120 Å². The topological polar surface area (TPSA) is 149 Å². The molecule has 0 fully saturated rings. The van der Waals surface area contributed by atoms with Crippen LogP contribution in [-0.4, -0.2) is 20.4 Å². The summed E-state index contributed by atoms with van der Waals surface area (Å²) in [4.78, 5) is 47.8. The molecule has 0 saturated carbocycles. The van der Waals surface area contributed by atoms with E-state index in [9.17, 15) is 39.6 Å². The average Bonchev–Trinajstić information content (AvgIpc) is 2.39. The molecule has 2 aliphatic rings. The maximum absolute atomic E-state index is 12.2. The van der Waals surface area contributed by atoms with Crippen molar-refractivity contribution in [2.45, 2.75) is 13.8 Å². The third kappa shape index (κ3) is 1.77. The third-order valence-corrected chi connectivity index (χ3v) is 3.24. The number of benzene rings is 2. The molecule has 0 saturated heterocycles. The van der Waals surface area contributed by atoms with E-state index in [1.165, 1.54) is 0 Å². The van der Waals surface area contributed by atoms with Gasteiger partial charge in [-0.1, -0.05) is 0 Å². The molecule has 0 aliphatic heterocycles. The molecule has 0 radical (unpaired) electrons. The molecule has 2 rings (SSSR count). The first-order valence-corrected chi connectivity index (χ1v) is 5.96. The zero-order chi connectivity index (χ0) is 16.9. The number of aliphatic hydroxyl groups excluding tert-OH is 2. The minimum Gasteiger partial charge on any atom is -0.512 e. The van der Waals surface area contributed by atoms with Crippen LogP contribution in [0.2, 0.25) is 0 Å². The predicted molar refractivity (Wildman–Crippen MR) is 76.5 cm³/mol. The molecule has 0 bridgehead atoms. The normalized spacial score (nSPS) is 14.1. The highest BCUT2D eigenvalue weighted by Gasteiger charge is 2.28. The Bertz CT molecular complexity index is 1090. The van der Waals surface area contributed by atoms with Gasteiger partial charge in [-0.25, -0.2) is 0 Å². The van der Waals surface area contributed by atoms with E-state index in [2.05, 4.69) is 0 Å². The first-order valence-electron chi connectivity index (χ1n) is 5.96. The molecule has 8 nitrogen and oxygen atoms in total. The molecular formula is C14H10O8. The molecule has 0 aromatic heterocycles. The largest absolute Gasteiger partial charge is 0.512 e. The Kier molecular flexibility index (Phi) is 3.25. The first kappa shape index (κ1) is 15.2. The Balaban J connectivity index is 3.56. The highest BCUT2D eigenvalue weighted by molar-refractivity contribution is 5.78. The van der Waals surface area contributed by atoms with Gasteiger partial charge in [-0.05, 0) is 13.8 Å². The number of hydrogen-bond acceptors (Lipinski definition) is 8. The van der Waals surface area contributed by atoms with E-state index in [0.29, 0.717) is 0 Å². The third-order valence-electron chi connectivity index (χ3n) is 3.24. The van der Waals surface area contributed by atoms with Gasteiger partial charge in [-0.3, -0.25) is 19.2 Å². The highest BCUT2D eigenvalue weighted by atomic mass is 16.3. The van der Waals surface area contributed by atoms with Crippen LogP contribution in [0.1, 0.15) is 13.8 Å². The molecule has 0 amide bonds. The van der Waals surface area contributed by atoms with Crippen molar-refractivity contribution in [1.29, 1.82) is 0 Å². The molecule has 0 aromatic carbocycles. The number of hydrogen-bond donors (Lipinski definition) is 4. The summed E-state index contributed by atoms with van der Waals surface area (Å²) in [6, 6.07) is 0. The van der Waals surface area contributed by atoms with E-state index < -0.39 is 66.3 Å². The van der Waals surface area contributed by atoms with Crippen LogP contribution in [0.4, 0.5) is 0 Å². The first-order chi connectivity index (χ1) is 10.1. The van der Waals surface area contributed by atoms with Crippen LogP contribution < -0.4 is 32.2 Å². The SMILES string of the molecule is C/C(O)=c1\c(O)c2c(=O)/c(=C(\C)O)c(=O)c(O)c-2c(=O)c1=O. The van der Waals surface area contributed by atoms with Gasteiger partial charge in [0.2, 0.25) is 21.7 Å². The lowest BCUT2D eigenvalue weighted by Crippen LogP contribution is -2.48. The highest BCUT2D eigenvalue weighted by Crippen LogP contribution is 2.24. The lowest BCUT2D eigenvalue weighted by Gasteiger charge is -2.08. The van der Waals surface area contributed by atoms with E-state index >= 15 is 0 Å². The molecule has 0 atom stereocenters. The van der Waals surface area contributed by atoms with Crippen molar-refractivity contribution in [2.75, 3.05) is 0 Å². The van der Waals surface area contributed by atoms with Crippen LogP contribution in [0.25, 0.3) is 22.6 Å². The molecule has 4 N–H and O–H groups in total. The number of rotatable bonds is 0. The van der Waals surface area contributed by atoms with Crippen molar-refractivity contribution in [3.05, 3.63) is 51.3 Å². The molecule has 22 heavy (non-hydrogen) atoms. The molecule has 0 unspecified atom stereocenters. The maximum atomic E-state index is 12.2. The average molecular weight is 306 g/mol. The maximum Gasteiger partial charge on any atom is 0.240 e. The van der Waals surface area contributed by atoms with Gasteiger partial charge in [-0.2, -0.15) is 0 Å². The summed E-state index contributed by atoms with van der Waals surface area (Å²) >= 11 is 0. The van der Waals surface area contributed by atoms with E-state index in [1.54, 1.807) is 0 Å². The van der Waals surface area contributed by atoms with Gasteiger partial charge >= 0.3 is 0 Å². The zero-order valence-electron chi connectivity index (χ0n) is 11.4. The summed E-state index contributed by atoms with van der Waals surface area (Å²) in [5.41, 5.74) is -7.08. The zero-order valence-corrected chi connectivity index (χ0v) is 11.4. The number of aromatic hydroxyl groups is 2. The second-order valence-corrected chi connectivity index (χ2v) is 4.68. The fraction of sp³-hybridized carbons (Fsp3) is 0.143. The Morgan fingerprint density at radius 1 is 0.636 bits per heavy atom. The van der Waals surface area contributed by atoms with Gasteiger partial charge < -0.3 is 20.4 Å². The minimum absolute atomic E-state index is 0.710. The summed E-state index contributed by atoms with van der Waals surface area (Å²) in [5.74, 6) is -3.70. The van der Waals surface area contributed by atoms with Crippen LogP contribution in [-0.2, 0) is 0 Å². The van der Waals surface area contributed by atoms with Crippen LogP contribution in [0.15, 0.2) is 19.2 Å². The van der Waals surface area contributed by atoms with E-state index in [-0.39, 0.29) is 0 Å².